The largest absolute Gasteiger partial charge is 0.301 e. The van der Waals surface area contributed by atoms with Gasteiger partial charge in [0.2, 0.25) is 0 Å². The molecule has 0 saturated carbocycles. The Bertz CT molecular complexity index is 266. The molecule has 68 valence electrons. The van der Waals surface area contributed by atoms with Crippen LogP contribution >= 0.6 is 11.8 Å². The van der Waals surface area contributed by atoms with Crippen LogP contribution in [-0.2, 0) is 5.75 Å². The number of hydrogen-bond donors (Lipinski definition) is 2. The maximum absolute atomic E-state index is 10.7. The topological polar surface area (TPSA) is 48.6 Å². The molecule has 0 aliphatic carbocycles. The summed E-state index contributed by atoms with van der Waals surface area (Å²) in [6, 6.07) is 1.61. The van der Waals surface area contributed by atoms with Gasteiger partial charge in [0.05, 0.1) is 0 Å². The second-order valence-corrected chi connectivity index (χ2v) is 3.80. The monoisotopic (exact) mass is 186 g/mol. The third-order valence-corrected chi connectivity index (χ3v) is 2.64. The van der Waals surface area contributed by atoms with E-state index < -0.39 is 0 Å². The summed E-state index contributed by atoms with van der Waals surface area (Å²) in [4.78, 5) is 10.7. The molecule has 4 heteroatoms. The number of rotatable bonds is 5. The highest BCUT2D eigenvalue weighted by Crippen LogP contribution is 2.09. The molecule has 0 fully saturated rings. The van der Waals surface area contributed by atoms with E-state index in [4.69, 9.17) is 0 Å². The molecule has 12 heavy (non-hydrogen) atoms. The summed E-state index contributed by atoms with van der Waals surface area (Å²) in [6.07, 6.45) is 2.48. The molecule has 0 aromatic carbocycles. The molecule has 1 heterocycles. The van der Waals surface area contributed by atoms with Gasteiger partial charge in [0.1, 0.15) is 0 Å². The van der Waals surface area contributed by atoms with Crippen LogP contribution in [0.3, 0.4) is 0 Å². The molecule has 0 amide bonds. The quantitative estimate of drug-likeness (QED) is 0.688. The van der Waals surface area contributed by atoms with Crippen molar-refractivity contribution in [3.05, 3.63) is 22.1 Å². The van der Waals surface area contributed by atoms with Crippen molar-refractivity contribution in [3.8, 4) is 0 Å². The van der Waals surface area contributed by atoms with E-state index in [0.29, 0.717) is 0 Å². The van der Waals surface area contributed by atoms with E-state index in [1.165, 1.54) is 18.6 Å². The average molecular weight is 186 g/mol. The van der Waals surface area contributed by atoms with Gasteiger partial charge < -0.3 is 5.10 Å². The van der Waals surface area contributed by atoms with Crippen molar-refractivity contribution < 1.29 is 0 Å². The van der Waals surface area contributed by atoms with Crippen LogP contribution in [0.25, 0.3) is 0 Å². The van der Waals surface area contributed by atoms with Gasteiger partial charge in [0.15, 0.2) is 0 Å². The molecule has 0 spiro atoms. The lowest BCUT2D eigenvalue weighted by Crippen LogP contribution is -1.93. The smallest absolute Gasteiger partial charge is 0.264 e. The van der Waals surface area contributed by atoms with Gasteiger partial charge in [-0.25, -0.2) is 0 Å². The van der Waals surface area contributed by atoms with Crippen molar-refractivity contribution in [1.29, 1.82) is 0 Å². The van der Waals surface area contributed by atoms with Crippen LogP contribution in [0.5, 0.6) is 0 Å². The number of thioether (sulfide) groups is 1. The van der Waals surface area contributed by atoms with Gasteiger partial charge in [-0.3, -0.25) is 9.89 Å². The molecule has 0 radical (unpaired) electrons. The van der Waals surface area contributed by atoms with Gasteiger partial charge in [-0.2, -0.15) is 11.8 Å². The molecule has 0 atom stereocenters. The molecule has 1 aromatic rings. The van der Waals surface area contributed by atoms with Crippen LogP contribution in [-0.4, -0.2) is 16.0 Å². The summed E-state index contributed by atoms with van der Waals surface area (Å²) in [7, 11) is 0. The number of unbranched alkanes of at least 4 members (excludes halogenated alkanes) is 1. The van der Waals surface area contributed by atoms with Crippen LogP contribution in [0, 0.1) is 0 Å². The highest BCUT2D eigenvalue weighted by Gasteiger charge is 1.95. The molecule has 2 N–H and O–H groups in total. The normalized spacial score (nSPS) is 10.4. The third-order valence-electron chi connectivity index (χ3n) is 1.55. The van der Waals surface area contributed by atoms with Crippen molar-refractivity contribution in [2.75, 3.05) is 5.75 Å². The Morgan fingerprint density at radius 2 is 2.33 bits per heavy atom. The lowest BCUT2D eigenvalue weighted by molar-refractivity contribution is 0.895. The van der Waals surface area contributed by atoms with E-state index in [1.807, 2.05) is 11.8 Å². The van der Waals surface area contributed by atoms with Crippen molar-refractivity contribution in [1.82, 2.24) is 10.2 Å². The standard InChI is InChI=1S/C8H14N2OS/c1-2-3-4-12-6-7-5-8(11)10-9-7/h5H,2-4,6H2,1H3,(H2,9,10,11). The van der Waals surface area contributed by atoms with Crippen molar-refractivity contribution in [3.63, 3.8) is 0 Å². The molecule has 0 saturated heterocycles. The maximum Gasteiger partial charge on any atom is 0.264 e. The number of hydrogen-bond acceptors (Lipinski definition) is 2. The summed E-state index contributed by atoms with van der Waals surface area (Å²) in [5.74, 6) is 2.07. The minimum absolute atomic E-state index is 0.0407. The van der Waals surface area contributed by atoms with Crippen LogP contribution in [0.4, 0.5) is 0 Å². The Kier molecular flexibility index (Phi) is 4.00. The summed E-state index contributed by atoms with van der Waals surface area (Å²) < 4.78 is 0. The zero-order chi connectivity index (χ0) is 8.81. The third kappa shape index (κ3) is 3.17. The fourth-order valence-corrected chi connectivity index (χ4v) is 1.89. The average Bonchev–Trinajstić information content (AvgIpc) is 2.45. The van der Waals surface area contributed by atoms with Gasteiger partial charge in [0, 0.05) is 17.5 Å². The first-order valence-corrected chi connectivity index (χ1v) is 5.32. The predicted molar refractivity (Wildman–Crippen MR) is 52.5 cm³/mol. The summed E-state index contributed by atoms with van der Waals surface area (Å²) in [5.41, 5.74) is 0.946. The predicted octanol–water partition coefficient (Wildman–Crippen LogP) is 1.74. The first-order chi connectivity index (χ1) is 5.83. The van der Waals surface area contributed by atoms with E-state index in [0.717, 1.165) is 11.4 Å². The fourth-order valence-electron chi connectivity index (χ4n) is 0.879. The fraction of sp³-hybridized carbons (Fsp3) is 0.625. The second kappa shape index (κ2) is 5.09. The van der Waals surface area contributed by atoms with E-state index in [2.05, 4.69) is 17.1 Å². The molecule has 0 aliphatic heterocycles. The number of H-pyrrole nitrogens is 2. The van der Waals surface area contributed by atoms with Gasteiger partial charge in [-0.15, -0.1) is 0 Å². The van der Waals surface area contributed by atoms with Crippen LogP contribution < -0.4 is 5.56 Å². The van der Waals surface area contributed by atoms with Crippen molar-refractivity contribution >= 4 is 11.8 Å². The minimum Gasteiger partial charge on any atom is -0.301 e. The van der Waals surface area contributed by atoms with Crippen LogP contribution in [0.15, 0.2) is 10.9 Å². The van der Waals surface area contributed by atoms with Gasteiger partial charge in [-0.05, 0) is 12.2 Å². The SMILES string of the molecule is CCCCSCc1cc(=O)[nH][nH]1. The molecule has 1 rings (SSSR count). The lowest BCUT2D eigenvalue weighted by Gasteiger charge is -1.96. The molecule has 0 unspecified atom stereocenters. The van der Waals surface area contributed by atoms with E-state index in [9.17, 15) is 4.79 Å². The molecule has 1 aromatic heterocycles. The molecular formula is C8H14N2OS. The minimum atomic E-state index is -0.0407. The zero-order valence-electron chi connectivity index (χ0n) is 7.22. The molecule has 3 nitrogen and oxygen atoms in total. The first-order valence-electron chi connectivity index (χ1n) is 4.17. The second-order valence-electron chi connectivity index (χ2n) is 2.69. The number of aromatic nitrogens is 2. The first kappa shape index (κ1) is 9.45. The summed E-state index contributed by atoms with van der Waals surface area (Å²) in [5, 5.41) is 5.34. The van der Waals surface area contributed by atoms with Crippen LogP contribution in [0.2, 0.25) is 0 Å². The molecule has 0 aliphatic rings. The van der Waals surface area contributed by atoms with Gasteiger partial charge in [0.25, 0.3) is 5.56 Å². The molecular weight excluding hydrogens is 172 g/mol. The van der Waals surface area contributed by atoms with E-state index >= 15 is 0 Å². The summed E-state index contributed by atoms with van der Waals surface area (Å²) in [6.45, 7) is 2.18. The maximum atomic E-state index is 10.7. The zero-order valence-corrected chi connectivity index (χ0v) is 8.04. The summed E-state index contributed by atoms with van der Waals surface area (Å²) >= 11 is 1.85. The Morgan fingerprint density at radius 3 is 2.92 bits per heavy atom. The number of aromatic amines is 2. The van der Waals surface area contributed by atoms with E-state index in [-0.39, 0.29) is 5.56 Å². The van der Waals surface area contributed by atoms with E-state index in [1.54, 1.807) is 6.07 Å². The number of nitrogens with one attached hydrogen (secondary N) is 2. The Balaban J connectivity index is 2.20. The highest BCUT2D eigenvalue weighted by molar-refractivity contribution is 7.98. The highest BCUT2D eigenvalue weighted by atomic mass is 32.2. The Hall–Kier alpha value is -0.640. The molecule has 0 bridgehead atoms. The Morgan fingerprint density at radius 1 is 1.50 bits per heavy atom. The van der Waals surface area contributed by atoms with Crippen LogP contribution in [0.1, 0.15) is 25.5 Å². The Labute approximate surface area is 75.9 Å². The lowest BCUT2D eigenvalue weighted by atomic mass is 10.4. The van der Waals surface area contributed by atoms with Crippen molar-refractivity contribution in [2.45, 2.75) is 25.5 Å². The van der Waals surface area contributed by atoms with Crippen molar-refractivity contribution in [2.24, 2.45) is 0 Å². The van der Waals surface area contributed by atoms with Gasteiger partial charge >= 0.3 is 0 Å². The van der Waals surface area contributed by atoms with Gasteiger partial charge in [-0.1, -0.05) is 13.3 Å².